The number of imidazole rings is 1. The van der Waals surface area contributed by atoms with Crippen molar-refractivity contribution in [2.24, 2.45) is 5.18 Å². The number of nitrogens with one attached hydrogen (secondary N) is 1. The Morgan fingerprint density at radius 1 is 1.06 bits per heavy atom. The van der Waals surface area contributed by atoms with E-state index in [2.05, 4.69) is 10.2 Å². The van der Waals surface area contributed by atoms with Gasteiger partial charge in [-0.25, -0.2) is 0 Å². The molecule has 0 aliphatic carbocycles. The quantitative estimate of drug-likeness (QED) is 0.218. The van der Waals surface area contributed by atoms with Gasteiger partial charge in [0.25, 0.3) is 5.56 Å². The number of rotatable bonds is 6. The molecule has 1 heterocycles. The normalized spacial score (nSPS) is 12.4. The molecular weight excluding hydrogens is 527 g/mol. The largest absolute Gasteiger partial charge is 1.00 e. The fourth-order valence-electron chi connectivity index (χ4n) is 3.18. The summed E-state index contributed by atoms with van der Waals surface area (Å²) in [6.07, 6.45) is 2.62. The van der Waals surface area contributed by atoms with E-state index in [1.54, 1.807) is 18.2 Å². The summed E-state index contributed by atoms with van der Waals surface area (Å²) in [5.74, 6) is 0.270. The van der Waals surface area contributed by atoms with Crippen LogP contribution in [0.1, 0.15) is 5.56 Å². The lowest BCUT2D eigenvalue weighted by Crippen LogP contribution is -3.00. The zero-order valence-electron chi connectivity index (χ0n) is 18.4. The van der Waals surface area contributed by atoms with Crippen LogP contribution in [0.3, 0.4) is 0 Å². The summed E-state index contributed by atoms with van der Waals surface area (Å²) in [7, 11) is 8.96. The van der Waals surface area contributed by atoms with E-state index in [0.29, 0.717) is 15.7 Å². The molecule has 0 saturated carbocycles. The summed E-state index contributed by atoms with van der Waals surface area (Å²) in [5.41, 5.74) is 2.08. The number of aromatic amines is 1. The molecule has 10 heteroatoms. The number of nitroso groups, excluding NO2 is 1. The van der Waals surface area contributed by atoms with Gasteiger partial charge in [-0.1, -0.05) is 0 Å². The summed E-state index contributed by atoms with van der Waals surface area (Å²) in [6, 6.07) is 10.6. The highest BCUT2D eigenvalue weighted by atomic mass is 127. The Balaban J connectivity index is 0.00000363. The summed E-state index contributed by atoms with van der Waals surface area (Å²) >= 11 is 0. The van der Waals surface area contributed by atoms with E-state index < -0.39 is 0 Å². The number of phenols is 1. The maximum Gasteiger partial charge on any atom is 0.280 e. The average molecular weight is 552 g/mol. The van der Waals surface area contributed by atoms with Crippen molar-refractivity contribution in [1.29, 1.82) is 0 Å². The molecule has 2 N–H and O–H groups in total. The number of H-pyrrole nitrogens is 1. The number of benzene rings is 2. The van der Waals surface area contributed by atoms with Gasteiger partial charge in [-0.15, -0.1) is 4.91 Å². The van der Waals surface area contributed by atoms with E-state index in [9.17, 15) is 14.8 Å². The Morgan fingerprint density at radius 3 is 2.09 bits per heavy atom. The molecule has 0 unspecified atom stereocenters. The summed E-state index contributed by atoms with van der Waals surface area (Å²) in [6.45, 7) is 0. The van der Waals surface area contributed by atoms with Crippen LogP contribution < -0.4 is 54.3 Å². The first-order valence-corrected chi connectivity index (χ1v) is 9.42. The van der Waals surface area contributed by atoms with E-state index in [0.717, 1.165) is 11.9 Å². The van der Waals surface area contributed by atoms with E-state index in [4.69, 9.17) is 9.47 Å². The molecule has 1 aromatic heterocycles. The fourth-order valence-corrected chi connectivity index (χ4v) is 3.18. The van der Waals surface area contributed by atoms with Crippen LogP contribution in [0, 0.1) is 4.91 Å². The highest BCUT2D eigenvalue weighted by molar-refractivity contribution is 5.61. The summed E-state index contributed by atoms with van der Waals surface area (Å²) in [4.78, 5) is 27.0. The molecule has 0 aliphatic rings. The molecule has 3 aromatic rings. The minimum atomic E-state index is -0.362. The number of methoxy groups -OCH3 is 2. The number of aromatic hydroxyl groups is 1. The Bertz CT molecular complexity index is 1260. The zero-order chi connectivity index (χ0) is 22.8. The van der Waals surface area contributed by atoms with Crippen LogP contribution in [-0.4, -0.2) is 50.0 Å². The van der Waals surface area contributed by atoms with Gasteiger partial charge in [-0.2, -0.15) is 0 Å². The van der Waals surface area contributed by atoms with Crippen molar-refractivity contribution in [3.8, 4) is 22.9 Å². The van der Waals surface area contributed by atoms with Crippen molar-refractivity contribution < 1.29 is 38.6 Å². The van der Waals surface area contributed by atoms with Gasteiger partial charge in [0.2, 0.25) is 5.75 Å². The highest BCUT2D eigenvalue weighted by Crippen LogP contribution is 2.37. The highest BCUT2D eigenvalue weighted by Gasteiger charge is 2.14. The van der Waals surface area contributed by atoms with Gasteiger partial charge in [-0.3, -0.25) is 13.8 Å². The van der Waals surface area contributed by atoms with E-state index in [1.165, 1.54) is 18.8 Å². The minimum absolute atomic E-state index is 0. The molecule has 0 atom stereocenters. The maximum absolute atomic E-state index is 13.1. The molecule has 32 heavy (non-hydrogen) atoms. The van der Waals surface area contributed by atoms with Crippen molar-refractivity contribution in [2.75, 3.05) is 35.4 Å². The second-order valence-corrected chi connectivity index (χ2v) is 7.75. The topological polar surface area (TPSA) is 106 Å². The van der Waals surface area contributed by atoms with Crippen molar-refractivity contribution in [2.45, 2.75) is 0 Å². The molecule has 170 valence electrons. The number of hydrogen-bond acceptors (Lipinski definition) is 6. The predicted octanol–water partition coefficient (Wildman–Crippen LogP) is -1.58. The Hall–Kier alpha value is -3.12. The van der Waals surface area contributed by atoms with Gasteiger partial charge in [0.1, 0.15) is 22.7 Å². The van der Waals surface area contributed by atoms with Gasteiger partial charge >= 0.3 is 0 Å². The first-order chi connectivity index (χ1) is 14.7. The molecule has 2 aromatic carbocycles. The molecule has 9 nitrogen and oxygen atoms in total. The number of quaternary nitrogens is 1. The second kappa shape index (κ2) is 10.0. The monoisotopic (exact) mass is 552 g/mol. The SMILES string of the molecule is COc1cc(/C=c2\[nH]c(=CN=O)n(-c3ccc([N+](C)(C)C)cc3)c2=O)cc(OC)c1O.[I-]. The lowest BCUT2D eigenvalue weighted by atomic mass is 10.1. The standard InChI is InChI=1S/C22H24N4O5.HI/c1-26(2,3)16-8-6-15(7-9-16)25-20(13-23-29)24-17(22(25)28)10-14-11-18(30-4)21(27)19(12-14)31-5;/h6-13H,1-5H3,(H-,23,24,27,28,29);1H. The van der Waals surface area contributed by atoms with Crippen LogP contribution in [-0.2, 0) is 0 Å². The number of hydrogen-bond donors (Lipinski definition) is 2. The molecule has 0 aliphatic heterocycles. The van der Waals surface area contributed by atoms with Gasteiger partial charge in [0.15, 0.2) is 11.5 Å². The first kappa shape index (κ1) is 25.1. The lowest BCUT2D eigenvalue weighted by Gasteiger charge is -2.23. The van der Waals surface area contributed by atoms with E-state index >= 15 is 0 Å². The molecule has 0 bridgehead atoms. The second-order valence-electron chi connectivity index (χ2n) is 7.75. The Labute approximate surface area is 201 Å². The van der Waals surface area contributed by atoms with Crippen LogP contribution in [0.25, 0.3) is 18.0 Å². The molecule has 0 radical (unpaired) electrons. The number of aromatic nitrogens is 2. The van der Waals surface area contributed by atoms with Gasteiger partial charge in [0, 0.05) is 12.1 Å². The molecule has 0 fully saturated rings. The van der Waals surface area contributed by atoms with Crippen LogP contribution in [0.2, 0.25) is 0 Å². The number of nitrogens with zero attached hydrogens (tertiary/aromatic N) is 3. The summed E-state index contributed by atoms with van der Waals surface area (Å²) < 4.78 is 12.3. The van der Waals surface area contributed by atoms with Crippen molar-refractivity contribution >= 4 is 18.0 Å². The van der Waals surface area contributed by atoms with Crippen LogP contribution >= 0.6 is 0 Å². The fraction of sp³-hybridized carbons (Fsp3) is 0.227. The third-order valence-electron chi connectivity index (χ3n) is 4.81. The van der Waals surface area contributed by atoms with Gasteiger partial charge < -0.3 is 43.5 Å². The van der Waals surface area contributed by atoms with Crippen molar-refractivity contribution in [3.63, 3.8) is 0 Å². The number of phenolic OH excluding ortho intramolecular Hbond substituents is 1. The summed E-state index contributed by atoms with van der Waals surface area (Å²) in [5, 5.41) is 13.1. The molecular formula is C22H25IN4O5. The zero-order valence-corrected chi connectivity index (χ0v) is 20.6. The Morgan fingerprint density at radius 2 is 1.62 bits per heavy atom. The first-order valence-electron chi connectivity index (χ1n) is 9.42. The van der Waals surface area contributed by atoms with Crippen molar-refractivity contribution in [1.82, 2.24) is 14.0 Å². The molecule has 0 saturated heterocycles. The lowest BCUT2D eigenvalue weighted by molar-refractivity contribution is -0.00000804. The minimum Gasteiger partial charge on any atom is -1.00 e. The third-order valence-corrected chi connectivity index (χ3v) is 4.81. The number of halogens is 1. The van der Waals surface area contributed by atoms with Gasteiger partial charge in [0.05, 0.1) is 41.0 Å². The third kappa shape index (κ3) is 5.02. The van der Waals surface area contributed by atoms with E-state index in [1.807, 2.05) is 45.4 Å². The average Bonchev–Trinajstić information content (AvgIpc) is 3.03. The van der Waals surface area contributed by atoms with E-state index in [-0.39, 0.29) is 57.6 Å². The predicted molar refractivity (Wildman–Crippen MR) is 120 cm³/mol. The molecule has 0 amide bonds. The van der Waals surface area contributed by atoms with Crippen LogP contribution in [0.5, 0.6) is 17.2 Å². The van der Waals surface area contributed by atoms with Gasteiger partial charge in [-0.05, 0) is 41.1 Å². The maximum atomic E-state index is 13.1. The Kier molecular flexibility index (Phi) is 7.86. The van der Waals surface area contributed by atoms with Crippen LogP contribution in [0.15, 0.2) is 46.4 Å². The molecule has 3 rings (SSSR count). The van der Waals surface area contributed by atoms with Crippen LogP contribution in [0.4, 0.5) is 5.69 Å². The molecule has 0 spiro atoms. The smallest absolute Gasteiger partial charge is 0.280 e. The van der Waals surface area contributed by atoms with Crippen molar-refractivity contribution in [3.05, 3.63) is 68.1 Å². The number of ether oxygens (including phenoxy) is 2.